The van der Waals surface area contributed by atoms with Crippen molar-refractivity contribution in [2.75, 3.05) is 4.90 Å². The topological polar surface area (TPSA) is 3.24 Å². The number of fused-ring (bicyclic) bond motifs is 19. The van der Waals surface area contributed by atoms with E-state index in [9.17, 15) is 0 Å². The molecule has 11 aromatic carbocycles. The van der Waals surface area contributed by atoms with Gasteiger partial charge in [-0.25, -0.2) is 0 Å². The molecule has 2 heteroatoms. The van der Waals surface area contributed by atoms with Crippen LogP contribution in [0.1, 0.15) is 22.3 Å². The fraction of sp³-hybridized carbons (Fsp3) is 0.0164. The molecule has 0 amide bonds. The Labute approximate surface area is 369 Å². The van der Waals surface area contributed by atoms with Crippen LogP contribution in [0.2, 0.25) is 0 Å². The number of hydrogen-bond acceptors (Lipinski definition) is 2. The molecule has 0 saturated carbocycles. The van der Waals surface area contributed by atoms with E-state index in [1.165, 1.54) is 108 Å². The second-order valence-corrected chi connectivity index (χ2v) is 18.2. The molecule has 1 aromatic heterocycles. The molecule has 292 valence electrons. The fourth-order valence-corrected chi connectivity index (χ4v) is 12.6. The van der Waals surface area contributed by atoms with Crippen molar-refractivity contribution in [1.29, 1.82) is 0 Å². The zero-order valence-electron chi connectivity index (χ0n) is 34.2. The van der Waals surface area contributed by atoms with Crippen molar-refractivity contribution in [2.45, 2.75) is 5.41 Å². The van der Waals surface area contributed by atoms with Crippen molar-refractivity contribution in [2.24, 2.45) is 0 Å². The molecule has 2 aliphatic carbocycles. The molecule has 0 atom stereocenters. The van der Waals surface area contributed by atoms with Gasteiger partial charge in [0.15, 0.2) is 0 Å². The minimum Gasteiger partial charge on any atom is -0.310 e. The van der Waals surface area contributed by atoms with Crippen LogP contribution < -0.4 is 4.90 Å². The summed E-state index contributed by atoms with van der Waals surface area (Å²) in [6.07, 6.45) is 0. The second kappa shape index (κ2) is 13.1. The Morgan fingerprint density at radius 3 is 1.43 bits per heavy atom. The summed E-state index contributed by atoms with van der Waals surface area (Å²) < 4.78 is 2.61. The number of rotatable bonds is 4. The Kier molecular flexibility index (Phi) is 7.26. The van der Waals surface area contributed by atoms with Crippen LogP contribution >= 0.6 is 11.3 Å². The van der Waals surface area contributed by atoms with Gasteiger partial charge in [0.05, 0.1) is 11.1 Å². The molecule has 14 rings (SSSR count). The van der Waals surface area contributed by atoms with Crippen molar-refractivity contribution in [3.8, 4) is 33.4 Å². The van der Waals surface area contributed by atoms with Crippen LogP contribution in [0.5, 0.6) is 0 Å². The van der Waals surface area contributed by atoms with E-state index in [2.05, 4.69) is 229 Å². The smallest absolute Gasteiger partial charge is 0.0726 e. The van der Waals surface area contributed by atoms with Gasteiger partial charge in [-0.15, -0.1) is 11.3 Å². The first-order chi connectivity index (χ1) is 31.3. The average molecular weight is 816 g/mol. The number of para-hydroxylation sites is 1. The maximum atomic E-state index is 2.56. The zero-order chi connectivity index (χ0) is 41.2. The minimum atomic E-state index is -0.483. The van der Waals surface area contributed by atoms with Crippen molar-refractivity contribution in [1.82, 2.24) is 0 Å². The molecule has 63 heavy (non-hydrogen) atoms. The number of benzene rings is 11. The highest BCUT2D eigenvalue weighted by atomic mass is 32.1. The van der Waals surface area contributed by atoms with Crippen LogP contribution in [0.25, 0.3) is 85.9 Å². The van der Waals surface area contributed by atoms with E-state index in [1.807, 2.05) is 11.3 Å². The summed E-state index contributed by atoms with van der Waals surface area (Å²) in [6, 6.07) is 84.3. The first-order valence-electron chi connectivity index (χ1n) is 21.8. The standard InChI is InChI=1S/C61H37NS/c1-2-16-39(17-3-1)62(40-31-33-45-43-20-5-4-18-41(43)42-19-6-7-21-44(42)52(45)35-40)58-37-57-53(36-51(58)38-30-32-50-49-25-11-15-29-59(49)63-60(50)34-38)48-24-10-14-28-56(48)61(57)54-26-12-8-22-46(54)47-23-9-13-27-55(47)61/h1-37H. The summed E-state index contributed by atoms with van der Waals surface area (Å²) in [6.45, 7) is 0. The summed E-state index contributed by atoms with van der Waals surface area (Å²) >= 11 is 1.88. The molecule has 0 aliphatic heterocycles. The number of thiophene rings is 1. The monoisotopic (exact) mass is 815 g/mol. The molecule has 0 unspecified atom stereocenters. The molecule has 1 spiro atoms. The van der Waals surface area contributed by atoms with Crippen LogP contribution in [-0.2, 0) is 5.41 Å². The SMILES string of the molecule is c1ccc(N(c2ccc3c4ccccc4c4ccccc4c3c2)c2cc3c(cc2-c2ccc4c(c2)sc2ccccc24)-c2ccccc2C32c3ccccc3-c3ccccc32)cc1. The van der Waals surface area contributed by atoms with Crippen LogP contribution in [0, 0.1) is 0 Å². The lowest BCUT2D eigenvalue weighted by Crippen LogP contribution is -2.26. The van der Waals surface area contributed by atoms with Crippen LogP contribution in [0.15, 0.2) is 224 Å². The molecule has 12 aromatic rings. The van der Waals surface area contributed by atoms with Gasteiger partial charge in [0.25, 0.3) is 0 Å². The predicted molar refractivity (Wildman–Crippen MR) is 268 cm³/mol. The first kappa shape index (κ1) is 34.9. The number of anilines is 3. The molecule has 0 bridgehead atoms. The molecule has 0 N–H and O–H groups in total. The van der Waals surface area contributed by atoms with Crippen molar-refractivity contribution in [3.05, 3.63) is 247 Å². The Bertz CT molecular complexity index is 3790. The highest BCUT2D eigenvalue weighted by molar-refractivity contribution is 7.25. The highest BCUT2D eigenvalue weighted by Crippen LogP contribution is 2.64. The molecule has 0 radical (unpaired) electrons. The van der Waals surface area contributed by atoms with Gasteiger partial charge in [-0.2, -0.15) is 0 Å². The lowest BCUT2D eigenvalue weighted by Gasteiger charge is -2.33. The zero-order valence-corrected chi connectivity index (χ0v) is 35.0. The van der Waals surface area contributed by atoms with Crippen LogP contribution in [0.3, 0.4) is 0 Å². The third kappa shape index (κ3) is 4.76. The maximum absolute atomic E-state index is 2.56. The molecule has 1 heterocycles. The summed E-state index contributed by atoms with van der Waals surface area (Å²) in [4.78, 5) is 2.53. The summed E-state index contributed by atoms with van der Waals surface area (Å²) in [5.74, 6) is 0. The van der Waals surface area contributed by atoms with Crippen molar-refractivity contribution >= 4 is 80.9 Å². The third-order valence-electron chi connectivity index (χ3n) is 14.0. The van der Waals surface area contributed by atoms with Crippen molar-refractivity contribution < 1.29 is 0 Å². The van der Waals surface area contributed by atoms with E-state index in [-0.39, 0.29) is 0 Å². The molecule has 0 fully saturated rings. The van der Waals surface area contributed by atoms with E-state index in [4.69, 9.17) is 0 Å². The quantitative estimate of drug-likeness (QED) is 0.160. The van der Waals surface area contributed by atoms with Crippen LogP contribution in [0.4, 0.5) is 17.1 Å². The summed E-state index contributed by atoms with van der Waals surface area (Å²) in [5, 5.41) is 10.2. The maximum Gasteiger partial charge on any atom is 0.0726 e. The third-order valence-corrected chi connectivity index (χ3v) is 15.2. The Morgan fingerprint density at radius 2 is 0.778 bits per heavy atom. The molecule has 1 nitrogen and oxygen atoms in total. The molecule has 0 saturated heterocycles. The Balaban J connectivity index is 1.12. The average Bonchev–Trinajstić information content (AvgIpc) is 3.98. The van der Waals surface area contributed by atoms with Gasteiger partial charge < -0.3 is 4.90 Å². The molecular formula is C61H37NS. The predicted octanol–water partition coefficient (Wildman–Crippen LogP) is 17.0. The number of nitrogens with zero attached hydrogens (tertiary/aromatic N) is 1. The Morgan fingerprint density at radius 1 is 0.286 bits per heavy atom. The van der Waals surface area contributed by atoms with Gasteiger partial charge in [0.2, 0.25) is 0 Å². The van der Waals surface area contributed by atoms with Gasteiger partial charge in [-0.1, -0.05) is 176 Å². The largest absolute Gasteiger partial charge is 0.310 e. The van der Waals surface area contributed by atoms with E-state index < -0.39 is 5.41 Å². The lowest BCUT2D eigenvalue weighted by atomic mass is 9.70. The number of hydrogen-bond donors (Lipinski definition) is 0. The first-order valence-corrected chi connectivity index (χ1v) is 22.7. The normalized spacial score (nSPS) is 13.2. The molecule has 2 aliphatic rings. The summed E-state index contributed by atoms with van der Waals surface area (Å²) in [5.41, 5.74) is 15.9. The van der Waals surface area contributed by atoms with Gasteiger partial charge in [0, 0.05) is 37.1 Å². The van der Waals surface area contributed by atoms with Gasteiger partial charge in [0.1, 0.15) is 0 Å². The van der Waals surface area contributed by atoms with Gasteiger partial charge in [-0.05, 0) is 131 Å². The van der Waals surface area contributed by atoms with E-state index >= 15 is 0 Å². The lowest BCUT2D eigenvalue weighted by molar-refractivity contribution is 0.794. The Hall–Kier alpha value is -7.78. The van der Waals surface area contributed by atoms with E-state index in [1.54, 1.807) is 0 Å². The second-order valence-electron chi connectivity index (χ2n) is 17.1. The highest BCUT2D eigenvalue weighted by Gasteiger charge is 2.52. The van der Waals surface area contributed by atoms with E-state index in [0.29, 0.717) is 0 Å². The van der Waals surface area contributed by atoms with Crippen molar-refractivity contribution in [3.63, 3.8) is 0 Å². The van der Waals surface area contributed by atoms with Gasteiger partial charge >= 0.3 is 0 Å². The van der Waals surface area contributed by atoms with E-state index in [0.717, 1.165) is 17.1 Å². The summed E-state index contributed by atoms with van der Waals surface area (Å²) in [7, 11) is 0. The fourth-order valence-electron chi connectivity index (χ4n) is 11.5. The van der Waals surface area contributed by atoms with Gasteiger partial charge in [-0.3, -0.25) is 0 Å². The minimum absolute atomic E-state index is 0.483. The van der Waals surface area contributed by atoms with Crippen LogP contribution in [-0.4, -0.2) is 0 Å². The molecular weight excluding hydrogens is 779 g/mol.